The number of nitrogens with one attached hydrogen (secondary N) is 1. The quantitative estimate of drug-likeness (QED) is 0.788. The molecule has 0 saturated heterocycles. The topological polar surface area (TPSA) is 58.6 Å². The van der Waals surface area contributed by atoms with Crippen molar-refractivity contribution in [3.63, 3.8) is 0 Å². The van der Waals surface area contributed by atoms with Crippen LogP contribution in [0.15, 0.2) is 43.0 Å². The second kappa shape index (κ2) is 7.84. The standard InChI is InChI=1S/C17H25NO3/c1-5-6-12-14(18-16(20)21-17(2,3)4)15(19)13-10-8-7-9-11-13/h5,7-11,14-15,19H,1,6,12H2,2-4H3,(H,18,20)/t14-,15-/m1/s1. The van der Waals surface area contributed by atoms with Crippen LogP contribution in [0.4, 0.5) is 4.79 Å². The first kappa shape index (κ1) is 17.2. The van der Waals surface area contributed by atoms with Gasteiger partial charge in [0.1, 0.15) is 5.60 Å². The Hall–Kier alpha value is -1.81. The van der Waals surface area contributed by atoms with Crippen LogP contribution in [0.3, 0.4) is 0 Å². The Morgan fingerprint density at radius 3 is 2.52 bits per heavy atom. The second-order valence-electron chi connectivity index (χ2n) is 5.97. The van der Waals surface area contributed by atoms with Gasteiger partial charge in [-0.15, -0.1) is 6.58 Å². The number of carbonyl (C=O) groups excluding carboxylic acids is 1. The van der Waals surface area contributed by atoms with Crippen molar-refractivity contribution < 1.29 is 14.6 Å². The molecule has 0 aliphatic rings. The summed E-state index contributed by atoms with van der Waals surface area (Å²) < 4.78 is 5.25. The third-order valence-corrected chi connectivity index (χ3v) is 2.91. The van der Waals surface area contributed by atoms with E-state index in [0.717, 1.165) is 5.56 Å². The number of amides is 1. The van der Waals surface area contributed by atoms with Gasteiger partial charge in [-0.1, -0.05) is 36.4 Å². The fourth-order valence-corrected chi connectivity index (χ4v) is 1.95. The van der Waals surface area contributed by atoms with E-state index in [4.69, 9.17) is 4.74 Å². The molecule has 4 nitrogen and oxygen atoms in total. The van der Waals surface area contributed by atoms with Crippen molar-refractivity contribution in [2.24, 2.45) is 0 Å². The zero-order valence-corrected chi connectivity index (χ0v) is 13.0. The first-order valence-electron chi connectivity index (χ1n) is 7.17. The average molecular weight is 291 g/mol. The summed E-state index contributed by atoms with van der Waals surface area (Å²) in [5.74, 6) is 0. The van der Waals surface area contributed by atoms with Gasteiger partial charge in [-0.05, 0) is 39.2 Å². The van der Waals surface area contributed by atoms with Gasteiger partial charge >= 0.3 is 6.09 Å². The van der Waals surface area contributed by atoms with Crippen molar-refractivity contribution in [1.82, 2.24) is 5.32 Å². The van der Waals surface area contributed by atoms with Gasteiger partial charge in [0.25, 0.3) is 0 Å². The summed E-state index contributed by atoms with van der Waals surface area (Å²) in [6.07, 6.45) is 1.76. The first-order valence-corrected chi connectivity index (χ1v) is 7.17. The lowest BCUT2D eigenvalue weighted by Gasteiger charge is -2.26. The number of aliphatic hydroxyl groups is 1. The Kier molecular flexibility index (Phi) is 6.43. The summed E-state index contributed by atoms with van der Waals surface area (Å²) in [4.78, 5) is 11.9. The van der Waals surface area contributed by atoms with Gasteiger partial charge < -0.3 is 15.2 Å². The maximum absolute atomic E-state index is 11.9. The number of allylic oxidation sites excluding steroid dienone is 1. The molecule has 2 atom stereocenters. The van der Waals surface area contributed by atoms with Gasteiger partial charge in [0.2, 0.25) is 0 Å². The van der Waals surface area contributed by atoms with Gasteiger partial charge in [-0.3, -0.25) is 0 Å². The lowest BCUT2D eigenvalue weighted by molar-refractivity contribution is 0.0414. The highest BCUT2D eigenvalue weighted by Gasteiger charge is 2.25. The summed E-state index contributed by atoms with van der Waals surface area (Å²) in [5, 5.41) is 13.2. The van der Waals surface area contributed by atoms with E-state index in [1.807, 2.05) is 30.3 Å². The molecule has 0 bridgehead atoms. The highest BCUT2D eigenvalue weighted by atomic mass is 16.6. The van der Waals surface area contributed by atoms with Gasteiger partial charge in [0.15, 0.2) is 0 Å². The van der Waals surface area contributed by atoms with E-state index < -0.39 is 23.8 Å². The van der Waals surface area contributed by atoms with Crippen LogP contribution >= 0.6 is 0 Å². The van der Waals surface area contributed by atoms with E-state index >= 15 is 0 Å². The Labute approximate surface area is 126 Å². The molecule has 1 aromatic rings. The smallest absolute Gasteiger partial charge is 0.407 e. The van der Waals surface area contributed by atoms with Gasteiger partial charge in [0.05, 0.1) is 12.1 Å². The molecular formula is C17H25NO3. The van der Waals surface area contributed by atoms with Crippen LogP contribution in [0.1, 0.15) is 45.3 Å². The molecule has 0 aromatic heterocycles. The average Bonchev–Trinajstić information content (AvgIpc) is 2.41. The van der Waals surface area contributed by atoms with E-state index in [1.54, 1.807) is 26.8 Å². The van der Waals surface area contributed by atoms with E-state index in [0.29, 0.717) is 12.8 Å². The molecule has 1 aromatic carbocycles. The van der Waals surface area contributed by atoms with Crippen molar-refractivity contribution >= 4 is 6.09 Å². The fourth-order valence-electron chi connectivity index (χ4n) is 1.95. The van der Waals surface area contributed by atoms with Crippen LogP contribution in [0.5, 0.6) is 0 Å². The largest absolute Gasteiger partial charge is 0.444 e. The zero-order chi connectivity index (χ0) is 15.9. The second-order valence-corrected chi connectivity index (χ2v) is 5.97. The number of carbonyl (C=O) groups is 1. The van der Waals surface area contributed by atoms with Crippen LogP contribution in [0.2, 0.25) is 0 Å². The summed E-state index contributed by atoms with van der Waals surface area (Å²) in [5.41, 5.74) is 0.202. The third kappa shape index (κ3) is 6.45. The molecule has 0 aliphatic heterocycles. The Morgan fingerprint density at radius 2 is 2.00 bits per heavy atom. The molecule has 1 rings (SSSR count). The maximum atomic E-state index is 11.9. The first-order chi connectivity index (χ1) is 9.83. The highest BCUT2D eigenvalue weighted by molar-refractivity contribution is 5.68. The predicted octanol–water partition coefficient (Wildman–Crippen LogP) is 3.58. The molecule has 21 heavy (non-hydrogen) atoms. The van der Waals surface area contributed by atoms with Crippen LogP contribution in [-0.2, 0) is 4.74 Å². The fraction of sp³-hybridized carbons (Fsp3) is 0.471. The third-order valence-electron chi connectivity index (χ3n) is 2.91. The molecule has 0 unspecified atom stereocenters. The number of benzene rings is 1. The lowest BCUT2D eigenvalue weighted by Crippen LogP contribution is -2.42. The normalized spacial score (nSPS) is 14.1. The number of ether oxygens (including phenoxy) is 1. The minimum Gasteiger partial charge on any atom is -0.444 e. The maximum Gasteiger partial charge on any atom is 0.407 e. The van der Waals surface area contributed by atoms with Crippen LogP contribution in [0.25, 0.3) is 0 Å². The van der Waals surface area contributed by atoms with Crippen LogP contribution in [-0.4, -0.2) is 22.8 Å². The van der Waals surface area contributed by atoms with Crippen molar-refractivity contribution in [3.05, 3.63) is 48.6 Å². The minimum atomic E-state index is -0.779. The summed E-state index contributed by atoms with van der Waals surface area (Å²) >= 11 is 0. The summed E-state index contributed by atoms with van der Waals surface area (Å²) in [6.45, 7) is 9.09. The molecule has 0 aliphatic carbocycles. The van der Waals surface area contributed by atoms with Gasteiger partial charge in [-0.25, -0.2) is 4.79 Å². The summed E-state index contributed by atoms with van der Waals surface area (Å²) in [6, 6.07) is 8.86. The molecule has 0 saturated carbocycles. The summed E-state index contributed by atoms with van der Waals surface area (Å²) in [7, 11) is 0. The molecule has 1 amide bonds. The van der Waals surface area contributed by atoms with E-state index in [1.165, 1.54) is 0 Å². The zero-order valence-electron chi connectivity index (χ0n) is 13.0. The number of hydrogen-bond acceptors (Lipinski definition) is 3. The molecule has 0 spiro atoms. The Bertz CT molecular complexity index is 451. The van der Waals surface area contributed by atoms with Crippen molar-refractivity contribution in [2.45, 2.75) is 51.4 Å². The highest BCUT2D eigenvalue weighted by Crippen LogP contribution is 2.20. The SMILES string of the molecule is C=CCC[C@@H](NC(=O)OC(C)(C)C)[C@H](O)c1ccccc1. The molecule has 4 heteroatoms. The Balaban J connectivity index is 2.75. The van der Waals surface area contributed by atoms with Gasteiger partial charge in [-0.2, -0.15) is 0 Å². The van der Waals surface area contributed by atoms with Gasteiger partial charge in [0, 0.05) is 0 Å². The lowest BCUT2D eigenvalue weighted by atomic mass is 9.98. The van der Waals surface area contributed by atoms with Crippen molar-refractivity contribution in [2.75, 3.05) is 0 Å². The van der Waals surface area contributed by atoms with E-state index in [9.17, 15) is 9.90 Å². The monoisotopic (exact) mass is 291 g/mol. The van der Waals surface area contributed by atoms with Crippen molar-refractivity contribution in [3.8, 4) is 0 Å². The number of alkyl carbamates (subject to hydrolysis) is 1. The number of hydrogen-bond donors (Lipinski definition) is 2. The number of rotatable bonds is 6. The molecule has 0 fully saturated rings. The van der Waals surface area contributed by atoms with Crippen molar-refractivity contribution in [1.29, 1.82) is 0 Å². The molecule has 0 heterocycles. The number of aliphatic hydroxyl groups excluding tert-OH is 1. The molecule has 0 radical (unpaired) electrons. The van der Waals surface area contributed by atoms with Crippen LogP contribution < -0.4 is 5.32 Å². The van der Waals surface area contributed by atoms with E-state index in [-0.39, 0.29) is 0 Å². The van der Waals surface area contributed by atoms with E-state index in [2.05, 4.69) is 11.9 Å². The molecular weight excluding hydrogens is 266 g/mol. The predicted molar refractivity (Wildman–Crippen MR) is 84.0 cm³/mol. The van der Waals surface area contributed by atoms with Crippen LogP contribution in [0, 0.1) is 0 Å². The molecule has 116 valence electrons. The molecule has 2 N–H and O–H groups in total. The minimum absolute atomic E-state index is 0.416. The Morgan fingerprint density at radius 1 is 1.38 bits per heavy atom.